The van der Waals surface area contributed by atoms with Gasteiger partial charge in [0.05, 0.1) is 23.4 Å². The molecule has 0 spiro atoms. The summed E-state index contributed by atoms with van der Waals surface area (Å²) in [6, 6.07) is 15.6. The van der Waals surface area contributed by atoms with Crippen LogP contribution in [0.25, 0.3) is 22.3 Å². The number of nitrogens with two attached hydrogens (primary N) is 1. The first kappa shape index (κ1) is 20.1. The molecule has 2 aromatic heterocycles. The number of carbonyl (C=O) groups is 1. The van der Waals surface area contributed by atoms with E-state index in [4.69, 9.17) is 10.5 Å². The lowest BCUT2D eigenvalue weighted by molar-refractivity contribution is 0.100. The molecule has 0 aliphatic carbocycles. The largest absolute Gasteiger partial charge is 0.494 e. The van der Waals surface area contributed by atoms with Gasteiger partial charge in [0.25, 0.3) is 5.91 Å². The van der Waals surface area contributed by atoms with Crippen LogP contribution in [-0.4, -0.2) is 27.5 Å². The number of ether oxygens (including phenoxy) is 1. The van der Waals surface area contributed by atoms with E-state index in [1.54, 1.807) is 36.5 Å². The van der Waals surface area contributed by atoms with Crippen LogP contribution in [0.4, 0.5) is 11.5 Å². The number of hydrogen-bond donors (Lipinski definition) is 3. The Bertz CT molecular complexity index is 1300. The summed E-state index contributed by atoms with van der Waals surface area (Å²) < 4.78 is 5.76. The molecule has 4 aromatic rings. The Morgan fingerprint density at radius 2 is 1.97 bits per heavy atom. The lowest BCUT2D eigenvalue weighted by Gasteiger charge is -2.14. The van der Waals surface area contributed by atoms with E-state index in [1.165, 1.54) is 6.07 Å². The van der Waals surface area contributed by atoms with Crippen molar-refractivity contribution in [2.75, 3.05) is 11.9 Å². The first-order valence-corrected chi connectivity index (χ1v) is 9.84. The fourth-order valence-electron chi connectivity index (χ4n) is 3.13. The highest BCUT2D eigenvalue weighted by Gasteiger charge is 2.14. The number of benzene rings is 2. The minimum absolute atomic E-state index is 0.212. The molecule has 8 nitrogen and oxygen atoms in total. The molecule has 31 heavy (non-hydrogen) atoms. The highest BCUT2D eigenvalue weighted by molar-refractivity contribution is 6.01. The van der Waals surface area contributed by atoms with Crippen LogP contribution in [0.15, 0.2) is 65.6 Å². The van der Waals surface area contributed by atoms with E-state index in [0.717, 1.165) is 11.8 Å². The Morgan fingerprint density at radius 1 is 1.13 bits per heavy atom. The van der Waals surface area contributed by atoms with Gasteiger partial charge in [-0.2, -0.15) is 0 Å². The average Bonchev–Trinajstić information content (AvgIpc) is 2.78. The van der Waals surface area contributed by atoms with E-state index in [1.807, 2.05) is 25.1 Å². The third kappa shape index (κ3) is 4.37. The van der Waals surface area contributed by atoms with Crippen molar-refractivity contribution >= 4 is 28.3 Å². The number of anilines is 2. The van der Waals surface area contributed by atoms with E-state index in [9.17, 15) is 9.59 Å². The molecule has 156 valence electrons. The monoisotopic (exact) mass is 415 g/mol. The van der Waals surface area contributed by atoms with Gasteiger partial charge in [-0.25, -0.2) is 9.97 Å². The smallest absolute Gasteiger partial charge is 0.250 e. The van der Waals surface area contributed by atoms with Crippen molar-refractivity contribution in [3.63, 3.8) is 0 Å². The number of amides is 1. The number of rotatable bonds is 7. The molecule has 2 aromatic carbocycles. The first-order chi connectivity index (χ1) is 15.0. The van der Waals surface area contributed by atoms with Crippen LogP contribution < -0.4 is 21.3 Å². The van der Waals surface area contributed by atoms with Gasteiger partial charge in [-0.1, -0.05) is 19.1 Å². The Hall–Kier alpha value is -4.20. The summed E-state index contributed by atoms with van der Waals surface area (Å²) in [4.78, 5) is 35.2. The summed E-state index contributed by atoms with van der Waals surface area (Å²) in [6.07, 6.45) is 2.44. The molecule has 8 heteroatoms. The van der Waals surface area contributed by atoms with Crippen LogP contribution in [0.1, 0.15) is 23.7 Å². The number of aromatic nitrogens is 3. The fourth-order valence-corrected chi connectivity index (χ4v) is 3.13. The van der Waals surface area contributed by atoms with E-state index in [2.05, 4.69) is 20.3 Å². The molecule has 4 N–H and O–H groups in total. The minimum atomic E-state index is -0.547. The van der Waals surface area contributed by atoms with Crippen LogP contribution in [0.5, 0.6) is 5.75 Å². The summed E-state index contributed by atoms with van der Waals surface area (Å²) >= 11 is 0. The van der Waals surface area contributed by atoms with Crippen molar-refractivity contribution in [2.24, 2.45) is 5.73 Å². The number of fused-ring (bicyclic) bond motifs is 1. The van der Waals surface area contributed by atoms with Gasteiger partial charge in [0.1, 0.15) is 11.6 Å². The Labute approximate surface area is 178 Å². The summed E-state index contributed by atoms with van der Waals surface area (Å²) in [7, 11) is 0. The number of para-hydroxylation sites is 1. The molecule has 0 atom stereocenters. The summed E-state index contributed by atoms with van der Waals surface area (Å²) in [6.45, 7) is 2.63. The Morgan fingerprint density at radius 3 is 2.71 bits per heavy atom. The fraction of sp³-hybridized carbons (Fsp3) is 0.130. The van der Waals surface area contributed by atoms with Crippen LogP contribution in [0, 0.1) is 0 Å². The van der Waals surface area contributed by atoms with Crippen LogP contribution >= 0.6 is 0 Å². The Kier molecular flexibility index (Phi) is 5.61. The van der Waals surface area contributed by atoms with Gasteiger partial charge >= 0.3 is 0 Å². The van der Waals surface area contributed by atoms with Crippen molar-refractivity contribution in [3.05, 3.63) is 76.7 Å². The predicted octanol–water partition coefficient (Wildman–Crippen LogP) is 3.62. The zero-order chi connectivity index (χ0) is 21.8. The number of nitrogens with zero attached hydrogens (tertiary/aromatic N) is 2. The van der Waals surface area contributed by atoms with Crippen molar-refractivity contribution in [1.29, 1.82) is 0 Å². The topological polar surface area (TPSA) is 123 Å². The van der Waals surface area contributed by atoms with Gasteiger partial charge < -0.3 is 20.8 Å². The second-order valence-electron chi connectivity index (χ2n) is 6.90. The maximum atomic E-state index is 11.9. The molecule has 1 amide bonds. The second-order valence-corrected chi connectivity index (χ2v) is 6.90. The molecule has 2 heterocycles. The number of pyridine rings is 1. The average molecular weight is 415 g/mol. The van der Waals surface area contributed by atoms with Gasteiger partial charge in [-0.15, -0.1) is 0 Å². The third-order valence-corrected chi connectivity index (χ3v) is 4.63. The van der Waals surface area contributed by atoms with Gasteiger partial charge in [-0.05, 0) is 42.8 Å². The molecular weight excluding hydrogens is 394 g/mol. The molecule has 0 saturated heterocycles. The molecule has 0 saturated carbocycles. The molecule has 0 aliphatic heterocycles. The number of primary amides is 1. The maximum Gasteiger partial charge on any atom is 0.250 e. The van der Waals surface area contributed by atoms with Crippen LogP contribution in [-0.2, 0) is 0 Å². The van der Waals surface area contributed by atoms with Crippen molar-refractivity contribution in [2.45, 2.75) is 13.3 Å². The second kappa shape index (κ2) is 8.66. The first-order valence-electron chi connectivity index (χ1n) is 9.84. The maximum absolute atomic E-state index is 11.9. The van der Waals surface area contributed by atoms with Gasteiger partial charge in [0.2, 0.25) is 5.56 Å². The normalized spacial score (nSPS) is 10.7. The summed E-state index contributed by atoms with van der Waals surface area (Å²) in [5.41, 5.74) is 7.52. The van der Waals surface area contributed by atoms with E-state index < -0.39 is 5.91 Å². The highest BCUT2D eigenvalue weighted by atomic mass is 16.5. The van der Waals surface area contributed by atoms with Crippen molar-refractivity contribution in [1.82, 2.24) is 15.0 Å². The van der Waals surface area contributed by atoms with E-state index >= 15 is 0 Å². The van der Waals surface area contributed by atoms with Crippen molar-refractivity contribution < 1.29 is 9.53 Å². The lowest BCUT2D eigenvalue weighted by Crippen LogP contribution is -2.13. The SMILES string of the molecule is CCCOc1ccc2nc(-c3ccc(=O)[nH]c3)nc(Nc3ccccc3C(N)=O)c2c1. The molecule has 0 bridgehead atoms. The summed E-state index contributed by atoms with van der Waals surface area (Å²) in [5.74, 6) is 1.06. The lowest BCUT2D eigenvalue weighted by atomic mass is 10.1. The van der Waals surface area contributed by atoms with Gasteiger partial charge in [0, 0.05) is 23.2 Å². The third-order valence-electron chi connectivity index (χ3n) is 4.63. The zero-order valence-electron chi connectivity index (χ0n) is 16.9. The number of carbonyl (C=O) groups excluding carboxylic acids is 1. The number of aromatic amines is 1. The van der Waals surface area contributed by atoms with Gasteiger partial charge in [0.15, 0.2) is 5.82 Å². The van der Waals surface area contributed by atoms with Crippen LogP contribution in [0.2, 0.25) is 0 Å². The number of hydrogen-bond acceptors (Lipinski definition) is 6. The minimum Gasteiger partial charge on any atom is -0.494 e. The number of nitrogens with one attached hydrogen (secondary N) is 2. The Balaban J connectivity index is 1.87. The molecule has 4 rings (SSSR count). The molecule has 0 radical (unpaired) electrons. The van der Waals surface area contributed by atoms with Crippen molar-refractivity contribution in [3.8, 4) is 17.1 Å². The highest BCUT2D eigenvalue weighted by Crippen LogP contribution is 2.31. The molecule has 0 fully saturated rings. The summed E-state index contributed by atoms with van der Waals surface area (Å²) in [5, 5.41) is 3.95. The zero-order valence-corrected chi connectivity index (χ0v) is 16.9. The predicted molar refractivity (Wildman–Crippen MR) is 120 cm³/mol. The standard InChI is InChI=1S/C23H21N5O3/c1-2-11-31-15-8-9-19-17(12-15)23(27-18-6-4-3-5-16(18)21(24)30)28-22(26-19)14-7-10-20(29)25-13-14/h3-10,12-13H,2,11H2,1H3,(H2,24,30)(H,25,29)(H,26,27,28). The van der Waals surface area contributed by atoms with Gasteiger partial charge in [-0.3, -0.25) is 9.59 Å². The van der Waals surface area contributed by atoms with E-state index in [0.29, 0.717) is 46.3 Å². The number of H-pyrrole nitrogens is 1. The van der Waals surface area contributed by atoms with E-state index in [-0.39, 0.29) is 5.56 Å². The van der Waals surface area contributed by atoms with Crippen LogP contribution in [0.3, 0.4) is 0 Å². The molecular formula is C23H21N5O3. The molecule has 0 unspecified atom stereocenters. The quantitative estimate of drug-likeness (QED) is 0.424. The molecule has 0 aliphatic rings.